The largest absolute Gasteiger partial charge is 0.398 e. The van der Waals surface area contributed by atoms with E-state index in [4.69, 9.17) is 10.5 Å². The summed E-state index contributed by atoms with van der Waals surface area (Å²) in [7, 11) is 3.18. The molecule has 0 unspecified atom stereocenters. The van der Waals surface area contributed by atoms with Crippen molar-refractivity contribution in [2.75, 3.05) is 39.6 Å². The average molecular weight is 358 g/mol. The monoisotopic (exact) mass is 357 g/mol. The third-order valence-electron chi connectivity index (χ3n) is 2.83. The van der Waals surface area contributed by atoms with Crippen LogP contribution in [0.4, 0.5) is 5.69 Å². The summed E-state index contributed by atoms with van der Waals surface area (Å²) < 4.78 is 5.44. The number of hydrogen-bond donors (Lipinski definition) is 2. The molecular formula is C14H20BrN3O3. The molecule has 0 spiro atoms. The van der Waals surface area contributed by atoms with Gasteiger partial charge in [-0.3, -0.25) is 9.59 Å². The number of anilines is 1. The zero-order valence-electron chi connectivity index (χ0n) is 12.2. The lowest BCUT2D eigenvalue weighted by molar-refractivity contribution is -0.121. The van der Waals surface area contributed by atoms with Crippen LogP contribution in [0.5, 0.6) is 0 Å². The normalized spacial score (nSPS) is 10.2. The number of methoxy groups -OCH3 is 1. The third kappa shape index (κ3) is 5.35. The number of amides is 2. The molecule has 0 saturated carbocycles. The fourth-order valence-electron chi connectivity index (χ4n) is 1.71. The number of rotatable bonds is 7. The number of halogens is 1. The molecule has 0 aromatic heterocycles. The minimum atomic E-state index is -0.263. The highest BCUT2D eigenvalue weighted by molar-refractivity contribution is 9.10. The molecule has 21 heavy (non-hydrogen) atoms. The summed E-state index contributed by atoms with van der Waals surface area (Å²) >= 11 is 3.29. The molecule has 0 radical (unpaired) electrons. The van der Waals surface area contributed by atoms with Crippen molar-refractivity contribution >= 4 is 33.4 Å². The second-order valence-corrected chi connectivity index (χ2v) is 5.36. The summed E-state index contributed by atoms with van der Waals surface area (Å²) in [5.41, 5.74) is 6.66. The molecule has 0 heterocycles. The predicted molar refractivity (Wildman–Crippen MR) is 85.0 cm³/mol. The number of ether oxygens (including phenoxy) is 1. The number of nitrogen functional groups attached to an aromatic ring is 1. The van der Waals surface area contributed by atoms with E-state index in [-0.39, 0.29) is 18.4 Å². The lowest BCUT2D eigenvalue weighted by Crippen LogP contribution is -2.39. The SMILES string of the molecule is COCCCNC(=O)CN(C)C(=O)c1cccc(N)c1Br. The van der Waals surface area contributed by atoms with E-state index in [0.29, 0.717) is 28.9 Å². The zero-order valence-corrected chi connectivity index (χ0v) is 13.8. The number of benzene rings is 1. The first kappa shape index (κ1) is 17.5. The van der Waals surface area contributed by atoms with Gasteiger partial charge in [-0.1, -0.05) is 6.07 Å². The molecule has 1 aromatic carbocycles. The maximum absolute atomic E-state index is 12.3. The molecule has 6 nitrogen and oxygen atoms in total. The van der Waals surface area contributed by atoms with Gasteiger partial charge in [-0.15, -0.1) is 0 Å². The molecule has 0 aliphatic rings. The molecule has 1 aromatic rings. The maximum Gasteiger partial charge on any atom is 0.255 e. The smallest absolute Gasteiger partial charge is 0.255 e. The predicted octanol–water partition coefficient (Wildman–Crippen LogP) is 1.26. The molecule has 0 aliphatic carbocycles. The van der Waals surface area contributed by atoms with Crippen molar-refractivity contribution in [3.8, 4) is 0 Å². The van der Waals surface area contributed by atoms with Crippen LogP contribution < -0.4 is 11.1 Å². The molecule has 7 heteroatoms. The fraction of sp³-hybridized carbons (Fsp3) is 0.429. The van der Waals surface area contributed by atoms with E-state index in [2.05, 4.69) is 21.2 Å². The van der Waals surface area contributed by atoms with Gasteiger partial charge in [0.1, 0.15) is 0 Å². The van der Waals surface area contributed by atoms with Crippen molar-refractivity contribution < 1.29 is 14.3 Å². The van der Waals surface area contributed by atoms with E-state index >= 15 is 0 Å². The first-order valence-corrected chi connectivity index (χ1v) is 7.31. The standard InChI is InChI=1S/C14H20BrN3O3/c1-18(9-12(19)17-7-4-8-21-2)14(20)10-5-3-6-11(16)13(10)15/h3,5-6H,4,7-9,16H2,1-2H3,(H,17,19). The van der Waals surface area contributed by atoms with Crippen LogP contribution >= 0.6 is 15.9 Å². The number of carbonyl (C=O) groups is 2. The summed E-state index contributed by atoms with van der Waals surface area (Å²) in [5, 5.41) is 2.73. The van der Waals surface area contributed by atoms with Crippen LogP contribution in [-0.2, 0) is 9.53 Å². The second kappa shape index (κ2) is 8.63. The Bertz CT molecular complexity index is 508. The first-order chi connectivity index (χ1) is 9.97. The van der Waals surface area contributed by atoms with E-state index in [1.165, 1.54) is 4.90 Å². The Morgan fingerprint density at radius 1 is 1.43 bits per heavy atom. The molecular weight excluding hydrogens is 338 g/mol. The van der Waals surface area contributed by atoms with E-state index in [1.807, 2.05) is 0 Å². The summed E-state index contributed by atoms with van der Waals surface area (Å²) in [5.74, 6) is -0.469. The van der Waals surface area contributed by atoms with Gasteiger partial charge in [0.2, 0.25) is 5.91 Å². The highest BCUT2D eigenvalue weighted by Crippen LogP contribution is 2.24. The Morgan fingerprint density at radius 2 is 2.14 bits per heavy atom. The molecule has 0 fully saturated rings. The van der Waals surface area contributed by atoms with Crippen molar-refractivity contribution in [1.29, 1.82) is 0 Å². The summed E-state index contributed by atoms with van der Waals surface area (Å²) in [6.07, 6.45) is 0.737. The quantitative estimate of drug-likeness (QED) is 0.568. The molecule has 3 N–H and O–H groups in total. The highest BCUT2D eigenvalue weighted by Gasteiger charge is 2.18. The van der Waals surface area contributed by atoms with Crippen molar-refractivity contribution in [3.05, 3.63) is 28.2 Å². The fourth-order valence-corrected chi connectivity index (χ4v) is 2.14. The van der Waals surface area contributed by atoms with Crippen LogP contribution in [0.15, 0.2) is 22.7 Å². The Morgan fingerprint density at radius 3 is 2.81 bits per heavy atom. The molecule has 1 rings (SSSR count). The van der Waals surface area contributed by atoms with Gasteiger partial charge in [0.15, 0.2) is 0 Å². The Labute approximate surface area is 132 Å². The van der Waals surface area contributed by atoms with Gasteiger partial charge in [0, 0.05) is 33.0 Å². The van der Waals surface area contributed by atoms with Crippen LogP contribution in [-0.4, -0.2) is 50.6 Å². The number of likely N-dealkylation sites (N-methyl/N-ethyl adjacent to an activating group) is 1. The van der Waals surface area contributed by atoms with Crippen molar-refractivity contribution in [1.82, 2.24) is 10.2 Å². The van der Waals surface area contributed by atoms with Crippen LogP contribution in [0, 0.1) is 0 Å². The van der Waals surface area contributed by atoms with Gasteiger partial charge in [0.25, 0.3) is 5.91 Å². The van der Waals surface area contributed by atoms with E-state index < -0.39 is 0 Å². The average Bonchev–Trinajstić information content (AvgIpc) is 2.45. The number of nitrogens with zero attached hydrogens (tertiary/aromatic N) is 1. The van der Waals surface area contributed by atoms with Gasteiger partial charge in [-0.2, -0.15) is 0 Å². The molecule has 0 bridgehead atoms. The third-order valence-corrected chi connectivity index (χ3v) is 3.72. The van der Waals surface area contributed by atoms with Crippen molar-refractivity contribution in [2.45, 2.75) is 6.42 Å². The van der Waals surface area contributed by atoms with E-state index in [9.17, 15) is 9.59 Å². The lowest BCUT2D eigenvalue weighted by atomic mass is 10.2. The van der Waals surface area contributed by atoms with Gasteiger partial charge in [-0.05, 0) is 34.5 Å². The van der Waals surface area contributed by atoms with E-state index in [1.54, 1.807) is 32.4 Å². The summed E-state index contributed by atoms with van der Waals surface area (Å²) in [4.78, 5) is 25.3. The van der Waals surface area contributed by atoms with Gasteiger partial charge in [-0.25, -0.2) is 0 Å². The Hall–Kier alpha value is -1.60. The number of nitrogens with one attached hydrogen (secondary N) is 1. The summed E-state index contributed by atoms with van der Waals surface area (Å²) in [6, 6.07) is 5.06. The van der Waals surface area contributed by atoms with E-state index in [0.717, 1.165) is 6.42 Å². The minimum absolute atomic E-state index is 0.00689. The van der Waals surface area contributed by atoms with Gasteiger partial charge < -0.3 is 20.7 Å². The molecule has 116 valence electrons. The maximum atomic E-state index is 12.3. The summed E-state index contributed by atoms with van der Waals surface area (Å²) in [6.45, 7) is 1.11. The highest BCUT2D eigenvalue weighted by atomic mass is 79.9. The van der Waals surface area contributed by atoms with Gasteiger partial charge >= 0.3 is 0 Å². The van der Waals surface area contributed by atoms with Crippen LogP contribution in [0.25, 0.3) is 0 Å². The molecule has 0 atom stereocenters. The number of nitrogens with two attached hydrogens (primary N) is 1. The van der Waals surface area contributed by atoms with Gasteiger partial charge in [0.05, 0.1) is 16.6 Å². The topological polar surface area (TPSA) is 84.7 Å². The zero-order chi connectivity index (χ0) is 15.8. The van der Waals surface area contributed by atoms with Crippen molar-refractivity contribution in [2.24, 2.45) is 0 Å². The van der Waals surface area contributed by atoms with Crippen molar-refractivity contribution in [3.63, 3.8) is 0 Å². The number of hydrogen-bond acceptors (Lipinski definition) is 4. The van der Waals surface area contributed by atoms with Crippen LogP contribution in [0.3, 0.4) is 0 Å². The molecule has 0 aliphatic heterocycles. The lowest BCUT2D eigenvalue weighted by Gasteiger charge is -2.18. The first-order valence-electron chi connectivity index (χ1n) is 6.52. The second-order valence-electron chi connectivity index (χ2n) is 4.57. The Kier molecular flexibility index (Phi) is 7.18. The van der Waals surface area contributed by atoms with Crippen LogP contribution in [0.2, 0.25) is 0 Å². The van der Waals surface area contributed by atoms with Crippen LogP contribution in [0.1, 0.15) is 16.8 Å². The number of carbonyl (C=O) groups excluding carboxylic acids is 2. The Balaban J connectivity index is 2.55. The minimum Gasteiger partial charge on any atom is -0.398 e. The molecule has 0 saturated heterocycles. The molecule has 2 amide bonds.